The lowest BCUT2D eigenvalue weighted by Crippen LogP contribution is -2.09. The van der Waals surface area contributed by atoms with E-state index < -0.39 is 0 Å². The standard InChI is InChI=1S/C11H14ClNO/c1-7(2)11-9(12)5-4-6-10(11)13-8(3)14/h4-7H,1-3H3,(H,13,14). The number of amides is 1. The van der Waals surface area contributed by atoms with Crippen LogP contribution < -0.4 is 5.32 Å². The summed E-state index contributed by atoms with van der Waals surface area (Å²) in [5.41, 5.74) is 1.80. The first kappa shape index (κ1) is 11.1. The van der Waals surface area contributed by atoms with Crippen LogP contribution in [0.3, 0.4) is 0 Å². The SMILES string of the molecule is CC(=O)Nc1cccc(Cl)c1C(C)C. The number of carbonyl (C=O) groups is 1. The second-order valence-corrected chi connectivity index (χ2v) is 3.94. The summed E-state index contributed by atoms with van der Waals surface area (Å²) in [5.74, 6) is 0.222. The monoisotopic (exact) mass is 211 g/mol. The highest BCUT2D eigenvalue weighted by Gasteiger charge is 2.10. The lowest BCUT2D eigenvalue weighted by molar-refractivity contribution is -0.114. The predicted octanol–water partition coefficient (Wildman–Crippen LogP) is 3.42. The van der Waals surface area contributed by atoms with Gasteiger partial charge in [0.05, 0.1) is 0 Å². The molecule has 1 aromatic rings. The summed E-state index contributed by atoms with van der Waals surface area (Å²) >= 11 is 6.06. The number of hydrogen-bond donors (Lipinski definition) is 1. The molecule has 0 aliphatic carbocycles. The smallest absolute Gasteiger partial charge is 0.221 e. The topological polar surface area (TPSA) is 29.1 Å². The van der Waals surface area contributed by atoms with Crippen LogP contribution in [0.5, 0.6) is 0 Å². The molecule has 0 aromatic heterocycles. The van der Waals surface area contributed by atoms with Gasteiger partial charge in [-0.15, -0.1) is 0 Å². The van der Waals surface area contributed by atoms with Crippen molar-refractivity contribution in [1.82, 2.24) is 0 Å². The molecule has 0 saturated heterocycles. The molecule has 0 unspecified atom stereocenters. The molecule has 0 saturated carbocycles. The van der Waals surface area contributed by atoms with Gasteiger partial charge in [-0.25, -0.2) is 0 Å². The Labute approximate surface area is 89.3 Å². The molecule has 0 aliphatic heterocycles. The van der Waals surface area contributed by atoms with Crippen LogP contribution in [-0.2, 0) is 4.79 Å². The fourth-order valence-electron chi connectivity index (χ4n) is 1.42. The minimum absolute atomic E-state index is 0.0748. The number of nitrogens with one attached hydrogen (secondary N) is 1. The van der Waals surface area contributed by atoms with Crippen molar-refractivity contribution in [2.24, 2.45) is 0 Å². The Bertz CT molecular complexity index is 347. The third-order valence-corrected chi connectivity index (χ3v) is 2.27. The fraction of sp³-hybridized carbons (Fsp3) is 0.364. The Morgan fingerprint density at radius 1 is 1.43 bits per heavy atom. The first-order valence-electron chi connectivity index (χ1n) is 4.58. The molecular weight excluding hydrogens is 198 g/mol. The summed E-state index contributed by atoms with van der Waals surface area (Å²) in [6.45, 7) is 5.59. The van der Waals surface area contributed by atoms with Gasteiger partial charge in [0.25, 0.3) is 0 Å². The van der Waals surface area contributed by atoms with E-state index in [9.17, 15) is 4.79 Å². The van der Waals surface area contributed by atoms with Crippen LogP contribution in [-0.4, -0.2) is 5.91 Å². The fourth-order valence-corrected chi connectivity index (χ4v) is 1.82. The van der Waals surface area contributed by atoms with Gasteiger partial charge in [-0.1, -0.05) is 31.5 Å². The third-order valence-electron chi connectivity index (χ3n) is 1.94. The zero-order chi connectivity index (χ0) is 10.7. The quantitative estimate of drug-likeness (QED) is 0.798. The summed E-state index contributed by atoms with van der Waals surface area (Å²) in [7, 11) is 0. The molecule has 0 heterocycles. The molecule has 14 heavy (non-hydrogen) atoms. The van der Waals surface area contributed by atoms with Gasteiger partial charge in [-0.3, -0.25) is 4.79 Å². The Hall–Kier alpha value is -1.02. The lowest BCUT2D eigenvalue weighted by atomic mass is 10.0. The number of benzene rings is 1. The van der Waals surface area contributed by atoms with Crippen molar-refractivity contribution in [3.8, 4) is 0 Å². The summed E-state index contributed by atoms with van der Waals surface area (Å²) in [6, 6.07) is 5.53. The van der Waals surface area contributed by atoms with Gasteiger partial charge in [0.15, 0.2) is 0 Å². The molecule has 2 nitrogen and oxygen atoms in total. The van der Waals surface area contributed by atoms with Crippen molar-refractivity contribution >= 4 is 23.2 Å². The lowest BCUT2D eigenvalue weighted by Gasteiger charge is -2.14. The second-order valence-electron chi connectivity index (χ2n) is 3.54. The zero-order valence-electron chi connectivity index (χ0n) is 8.60. The van der Waals surface area contributed by atoms with Crippen LogP contribution in [0.25, 0.3) is 0 Å². The summed E-state index contributed by atoms with van der Waals surface area (Å²) in [5, 5.41) is 3.47. The Morgan fingerprint density at radius 3 is 2.57 bits per heavy atom. The molecule has 1 amide bonds. The maximum Gasteiger partial charge on any atom is 0.221 e. The van der Waals surface area contributed by atoms with Crippen molar-refractivity contribution in [1.29, 1.82) is 0 Å². The van der Waals surface area contributed by atoms with Gasteiger partial charge in [0.1, 0.15) is 0 Å². The summed E-state index contributed by atoms with van der Waals surface area (Å²) in [6.07, 6.45) is 0. The van der Waals surface area contributed by atoms with Crippen LogP contribution in [0.15, 0.2) is 18.2 Å². The Kier molecular flexibility index (Phi) is 3.53. The molecule has 76 valence electrons. The minimum Gasteiger partial charge on any atom is -0.326 e. The van der Waals surface area contributed by atoms with Crippen LogP contribution in [0, 0.1) is 0 Å². The molecule has 1 aromatic carbocycles. The summed E-state index contributed by atoms with van der Waals surface area (Å²) in [4.78, 5) is 10.9. The molecule has 1 rings (SSSR count). The molecule has 0 aliphatic rings. The van der Waals surface area contributed by atoms with Gasteiger partial charge in [-0.2, -0.15) is 0 Å². The number of anilines is 1. The van der Waals surface area contributed by atoms with Gasteiger partial charge in [0.2, 0.25) is 5.91 Å². The Morgan fingerprint density at radius 2 is 2.07 bits per heavy atom. The third kappa shape index (κ3) is 2.48. The highest BCUT2D eigenvalue weighted by Crippen LogP contribution is 2.31. The number of rotatable bonds is 2. The van der Waals surface area contributed by atoms with E-state index in [1.54, 1.807) is 0 Å². The van der Waals surface area contributed by atoms with E-state index in [2.05, 4.69) is 5.32 Å². The van der Waals surface area contributed by atoms with E-state index in [4.69, 9.17) is 11.6 Å². The van der Waals surface area contributed by atoms with Gasteiger partial charge in [0, 0.05) is 17.6 Å². The van der Waals surface area contributed by atoms with Crippen LogP contribution in [0.1, 0.15) is 32.3 Å². The maximum atomic E-state index is 10.9. The van der Waals surface area contributed by atoms with E-state index in [0.29, 0.717) is 10.9 Å². The molecule has 1 N–H and O–H groups in total. The van der Waals surface area contributed by atoms with Crippen molar-refractivity contribution in [2.75, 3.05) is 5.32 Å². The number of hydrogen-bond acceptors (Lipinski definition) is 1. The molecule has 0 spiro atoms. The van der Waals surface area contributed by atoms with Crippen LogP contribution in [0.4, 0.5) is 5.69 Å². The van der Waals surface area contributed by atoms with Crippen molar-refractivity contribution in [2.45, 2.75) is 26.7 Å². The van der Waals surface area contributed by atoms with E-state index >= 15 is 0 Å². The van der Waals surface area contributed by atoms with E-state index in [1.807, 2.05) is 32.0 Å². The van der Waals surface area contributed by atoms with Gasteiger partial charge in [-0.05, 0) is 23.6 Å². The minimum atomic E-state index is -0.0748. The first-order valence-corrected chi connectivity index (χ1v) is 4.96. The van der Waals surface area contributed by atoms with E-state index in [1.165, 1.54) is 6.92 Å². The average molecular weight is 212 g/mol. The number of carbonyl (C=O) groups excluding carboxylic acids is 1. The molecule has 0 bridgehead atoms. The normalized spacial score (nSPS) is 10.4. The highest BCUT2D eigenvalue weighted by atomic mass is 35.5. The average Bonchev–Trinajstić information content (AvgIpc) is 2.01. The maximum absolute atomic E-state index is 10.9. The second kappa shape index (κ2) is 4.47. The molecule has 0 fully saturated rings. The summed E-state index contributed by atoms with van der Waals surface area (Å²) < 4.78 is 0. The van der Waals surface area contributed by atoms with E-state index in [0.717, 1.165) is 11.3 Å². The zero-order valence-corrected chi connectivity index (χ0v) is 9.35. The number of halogens is 1. The van der Waals surface area contributed by atoms with Crippen molar-refractivity contribution in [3.05, 3.63) is 28.8 Å². The van der Waals surface area contributed by atoms with E-state index in [-0.39, 0.29) is 5.91 Å². The van der Waals surface area contributed by atoms with Crippen molar-refractivity contribution < 1.29 is 4.79 Å². The predicted molar refractivity (Wildman–Crippen MR) is 59.8 cm³/mol. The highest BCUT2D eigenvalue weighted by molar-refractivity contribution is 6.31. The van der Waals surface area contributed by atoms with Crippen molar-refractivity contribution in [3.63, 3.8) is 0 Å². The molecule has 3 heteroatoms. The first-order chi connectivity index (χ1) is 6.52. The molecule has 0 radical (unpaired) electrons. The largest absolute Gasteiger partial charge is 0.326 e. The molecule has 0 atom stereocenters. The van der Waals surface area contributed by atoms with Gasteiger partial charge >= 0.3 is 0 Å². The van der Waals surface area contributed by atoms with Gasteiger partial charge < -0.3 is 5.32 Å². The van der Waals surface area contributed by atoms with Crippen LogP contribution >= 0.6 is 11.6 Å². The van der Waals surface area contributed by atoms with Crippen LogP contribution in [0.2, 0.25) is 5.02 Å². The molecular formula is C11H14ClNO. The Balaban J connectivity index is 3.14.